The van der Waals surface area contributed by atoms with Crippen LogP contribution in [0, 0.1) is 0 Å². The van der Waals surface area contributed by atoms with Gasteiger partial charge in [0.05, 0.1) is 0 Å². The summed E-state index contributed by atoms with van der Waals surface area (Å²) in [6.45, 7) is -2.70. The van der Waals surface area contributed by atoms with Crippen LogP contribution in [0.3, 0.4) is 0 Å². The molecule has 0 amide bonds. The van der Waals surface area contributed by atoms with Crippen LogP contribution in [0.4, 0.5) is 0 Å². The van der Waals surface area contributed by atoms with Gasteiger partial charge in [0.15, 0.2) is 6.49 Å². The third-order valence-electron chi connectivity index (χ3n) is 3.23. The standard InChI is InChI=1S/C11H19Cl2O2P/c12-11(14)8-9-16(13,15)10-6-4-2-1-3-5-7-10/h10H,1-9H2. The molecule has 1 unspecified atom stereocenters. The van der Waals surface area contributed by atoms with E-state index >= 15 is 0 Å². The zero-order chi connectivity index (χ0) is 12.0. The highest BCUT2D eigenvalue weighted by molar-refractivity contribution is 7.89. The molecule has 0 saturated heterocycles. The predicted molar refractivity (Wildman–Crippen MR) is 69.9 cm³/mol. The minimum atomic E-state index is -2.70. The number of hydrogen-bond donors (Lipinski definition) is 0. The second kappa shape index (κ2) is 7.03. The summed E-state index contributed by atoms with van der Waals surface area (Å²) in [5.74, 6) is 0. The first kappa shape index (κ1) is 14.5. The Morgan fingerprint density at radius 2 is 1.62 bits per heavy atom. The van der Waals surface area contributed by atoms with E-state index in [0.717, 1.165) is 25.7 Å². The molecule has 0 aromatic rings. The van der Waals surface area contributed by atoms with Gasteiger partial charge in [-0.3, -0.25) is 4.79 Å². The molecule has 2 nitrogen and oxygen atoms in total. The van der Waals surface area contributed by atoms with Gasteiger partial charge in [0.1, 0.15) is 0 Å². The zero-order valence-corrected chi connectivity index (χ0v) is 11.9. The summed E-state index contributed by atoms with van der Waals surface area (Å²) in [5.41, 5.74) is 0.102. The van der Waals surface area contributed by atoms with Crippen LogP contribution in [0.1, 0.15) is 51.4 Å². The number of hydrogen-bond acceptors (Lipinski definition) is 2. The van der Waals surface area contributed by atoms with Crippen molar-refractivity contribution in [2.75, 3.05) is 6.16 Å². The van der Waals surface area contributed by atoms with Gasteiger partial charge in [0.25, 0.3) is 0 Å². The van der Waals surface area contributed by atoms with E-state index in [1.807, 2.05) is 0 Å². The van der Waals surface area contributed by atoms with Crippen LogP contribution in [-0.4, -0.2) is 17.1 Å². The molecule has 1 aliphatic rings. The molecule has 0 spiro atoms. The first-order valence-corrected chi connectivity index (χ1v) is 9.23. The van der Waals surface area contributed by atoms with Crippen LogP contribution in [0.5, 0.6) is 0 Å². The molecule has 1 aliphatic carbocycles. The Kier molecular flexibility index (Phi) is 6.39. The number of carbonyl (C=O) groups is 1. The predicted octanol–water partition coefficient (Wildman–Crippen LogP) is 4.77. The van der Waals surface area contributed by atoms with Crippen LogP contribution in [0.2, 0.25) is 0 Å². The third-order valence-corrected chi connectivity index (χ3v) is 7.20. The van der Waals surface area contributed by atoms with Crippen molar-refractivity contribution >= 4 is 34.6 Å². The van der Waals surface area contributed by atoms with Crippen molar-refractivity contribution in [3.8, 4) is 0 Å². The highest BCUT2D eigenvalue weighted by Gasteiger charge is 2.30. The van der Waals surface area contributed by atoms with Crippen LogP contribution in [0.15, 0.2) is 0 Å². The van der Waals surface area contributed by atoms with Gasteiger partial charge in [-0.1, -0.05) is 43.3 Å². The molecular weight excluding hydrogens is 266 g/mol. The lowest BCUT2D eigenvalue weighted by Gasteiger charge is -2.24. The van der Waals surface area contributed by atoms with Gasteiger partial charge < -0.3 is 4.57 Å². The molecule has 5 heteroatoms. The zero-order valence-electron chi connectivity index (χ0n) is 9.46. The Bertz CT molecular complexity index is 273. The molecule has 0 N–H and O–H groups in total. The van der Waals surface area contributed by atoms with Gasteiger partial charge in [-0.15, -0.1) is 0 Å². The fraction of sp³-hybridized carbons (Fsp3) is 0.909. The molecule has 94 valence electrons. The summed E-state index contributed by atoms with van der Waals surface area (Å²) in [6.07, 6.45) is 8.20. The molecule has 0 aromatic heterocycles. The van der Waals surface area contributed by atoms with Crippen LogP contribution >= 0.6 is 29.3 Å². The van der Waals surface area contributed by atoms with Crippen molar-refractivity contribution in [3.05, 3.63) is 0 Å². The average molecular weight is 285 g/mol. The van der Waals surface area contributed by atoms with E-state index in [1.165, 1.54) is 19.3 Å². The summed E-state index contributed by atoms with van der Waals surface area (Å²) in [6, 6.07) is 0. The maximum atomic E-state index is 12.3. The van der Waals surface area contributed by atoms with Crippen molar-refractivity contribution in [3.63, 3.8) is 0 Å². The van der Waals surface area contributed by atoms with Gasteiger partial charge in [-0.2, -0.15) is 0 Å². The normalized spacial score (nSPS) is 23.1. The maximum Gasteiger partial charge on any atom is 0.222 e. The van der Waals surface area contributed by atoms with Crippen LogP contribution in [0.25, 0.3) is 0 Å². The molecule has 0 aliphatic heterocycles. The molecule has 1 fully saturated rings. The molecule has 0 radical (unpaired) electrons. The number of rotatable bonds is 4. The second-order valence-electron chi connectivity index (χ2n) is 4.53. The fourth-order valence-electron chi connectivity index (χ4n) is 2.24. The van der Waals surface area contributed by atoms with Gasteiger partial charge in [-0.05, 0) is 24.4 Å². The van der Waals surface area contributed by atoms with Crippen molar-refractivity contribution in [2.24, 2.45) is 0 Å². The van der Waals surface area contributed by atoms with Gasteiger partial charge in [0.2, 0.25) is 5.24 Å². The Morgan fingerprint density at radius 1 is 1.12 bits per heavy atom. The molecule has 1 rings (SSSR count). The summed E-state index contributed by atoms with van der Waals surface area (Å²) in [4.78, 5) is 10.7. The van der Waals surface area contributed by atoms with E-state index in [0.29, 0.717) is 0 Å². The summed E-state index contributed by atoms with van der Waals surface area (Å²) >= 11 is 11.4. The first-order chi connectivity index (χ1) is 7.52. The minimum absolute atomic E-state index is 0.102. The molecule has 1 saturated carbocycles. The summed E-state index contributed by atoms with van der Waals surface area (Å²) < 4.78 is 12.3. The number of carbonyl (C=O) groups excluding carboxylic acids is 1. The van der Waals surface area contributed by atoms with Gasteiger partial charge >= 0.3 is 0 Å². The smallest absolute Gasteiger partial charge is 0.222 e. The monoisotopic (exact) mass is 284 g/mol. The van der Waals surface area contributed by atoms with Gasteiger partial charge in [0, 0.05) is 18.2 Å². The number of halogens is 2. The lowest BCUT2D eigenvalue weighted by Crippen LogP contribution is -2.11. The molecule has 16 heavy (non-hydrogen) atoms. The lowest BCUT2D eigenvalue weighted by molar-refractivity contribution is -0.111. The molecular formula is C11H19Cl2O2P. The maximum absolute atomic E-state index is 12.3. The summed E-state index contributed by atoms with van der Waals surface area (Å²) in [5, 5.41) is -0.438. The largest absolute Gasteiger partial charge is 0.306 e. The van der Waals surface area contributed by atoms with E-state index in [9.17, 15) is 9.36 Å². The van der Waals surface area contributed by atoms with Crippen molar-refractivity contribution in [2.45, 2.75) is 57.0 Å². The van der Waals surface area contributed by atoms with E-state index in [1.54, 1.807) is 0 Å². The lowest BCUT2D eigenvalue weighted by atomic mass is 10.0. The van der Waals surface area contributed by atoms with Crippen LogP contribution in [-0.2, 0) is 9.36 Å². The first-order valence-electron chi connectivity index (χ1n) is 5.99. The van der Waals surface area contributed by atoms with Crippen molar-refractivity contribution in [1.82, 2.24) is 0 Å². The summed E-state index contributed by atoms with van der Waals surface area (Å²) in [7, 11) is 0. The fourth-order valence-corrected chi connectivity index (χ4v) is 5.32. The second-order valence-corrected chi connectivity index (χ2v) is 9.25. The molecule has 0 bridgehead atoms. The third kappa shape index (κ3) is 5.21. The van der Waals surface area contributed by atoms with E-state index in [2.05, 4.69) is 0 Å². The Morgan fingerprint density at radius 3 is 2.12 bits per heavy atom. The quantitative estimate of drug-likeness (QED) is 0.550. The Balaban J connectivity index is 2.50. The molecule has 1 atom stereocenters. The molecule has 0 heterocycles. The van der Waals surface area contributed by atoms with Crippen LogP contribution < -0.4 is 0 Å². The SMILES string of the molecule is O=C(Cl)CCP(=O)(Cl)C1CCCCCCC1. The van der Waals surface area contributed by atoms with Crippen molar-refractivity contribution in [1.29, 1.82) is 0 Å². The van der Waals surface area contributed by atoms with E-state index < -0.39 is 11.7 Å². The average Bonchev–Trinajstić information content (AvgIpc) is 2.13. The Hall–Kier alpha value is 0.480. The highest BCUT2D eigenvalue weighted by atomic mass is 35.7. The van der Waals surface area contributed by atoms with E-state index in [4.69, 9.17) is 22.8 Å². The molecule has 0 aromatic carbocycles. The minimum Gasteiger partial charge on any atom is -0.306 e. The van der Waals surface area contributed by atoms with Gasteiger partial charge in [-0.25, -0.2) is 0 Å². The van der Waals surface area contributed by atoms with Crippen molar-refractivity contribution < 1.29 is 9.36 Å². The topological polar surface area (TPSA) is 34.1 Å². The highest BCUT2D eigenvalue weighted by Crippen LogP contribution is 2.59. The van der Waals surface area contributed by atoms with E-state index in [-0.39, 0.29) is 18.2 Å². The Labute approximate surface area is 107 Å².